The number of carbonyl (C=O) groups is 2. The Labute approximate surface area is 184 Å². The molecule has 0 unspecified atom stereocenters. The summed E-state index contributed by atoms with van der Waals surface area (Å²) in [7, 11) is 0. The molecule has 8 nitrogen and oxygen atoms in total. The van der Waals surface area contributed by atoms with Gasteiger partial charge in [0.05, 0.1) is 12.1 Å². The second-order valence-corrected chi connectivity index (χ2v) is 8.81. The van der Waals surface area contributed by atoms with E-state index in [1.807, 2.05) is 29.6 Å². The van der Waals surface area contributed by atoms with Gasteiger partial charge in [-0.25, -0.2) is 4.98 Å². The number of nitrogens with zero attached hydrogens (tertiary/aromatic N) is 5. The van der Waals surface area contributed by atoms with Crippen molar-refractivity contribution < 1.29 is 9.59 Å². The van der Waals surface area contributed by atoms with Gasteiger partial charge in [0.2, 0.25) is 11.8 Å². The van der Waals surface area contributed by atoms with Gasteiger partial charge in [0.15, 0.2) is 11.0 Å². The molecule has 0 radical (unpaired) electrons. The van der Waals surface area contributed by atoms with E-state index in [1.54, 1.807) is 4.90 Å². The first-order valence-electron chi connectivity index (χ1n) is 10.7. The van der Waals surface area contributed by atoms with Gasteiger partial charge >= 0.3 is 0 Å². The predicted molar refractivity (Wildman–Crippen MR) is 119 cm³/mol. The van der Waals surface area contributed by atoms with Crippen molar-refractivity contribution in [1.82, 2.24) is 19.7 Å². The van der Waals surface area contributed by atoms with Crippen LogP contribution < -0.4 is 10.2 Å². The van der Waals surface area contributed by atoms with E-state index in [1.165, 1.54) is 17.8 Å². The number of fused-ring (bicyclic) bond motifs is 1. The minimum absolute atomic E-state index is 0.106. The van der Waals surface area contributed by atoms with E-state index in [0.717, 1.165) is 55.1 Å². The largest absolute Gasteiger partial charge is 0.326 e. The molecule has 9 heteroatoms. The van der Waals surface area contributed by atoms with Crippen LogP contribution in [0.5, 0.6) is 0 Å². The van der Waals surface area contributed by atoms with Gasteiger partial charge in [-0.3, -0.25) is 14.5 Å². The first-order chi connectivity index (χ1) is 15.2. The van der Waals surface area contributed by atoms with Crippen LogP contribution in [0.2, 0.25) is 0 Å². The van der Waals surface area contributed by atoms with Crippen molar-refractivity contribution in [2.75, 3.05) is 16.8 Å². The lowest BCUT2D eigenvalue weighted by atomic mass is 10.2. The van der Waals surface area contributed by atoms with Gasteiger partial charge in [-0.2, -0.15) is 0 Å². The summed E-state index contributed by atoms with van der Waals surface area (Å²) in [6, 6.07) is 7.72. The maximum absolute atomic E-state index is 12.5. The molecule has 4 heterocycles. The molecule has 2 amide bonds. The van der Waals surface area contributed by atoms with Crippen molar-refractivity contribution in [3.63, 3.8) is 0 Å². The summed E-state index contributed by atoms with van der Waals surface area (Å²) in [6.07, 6.45) is 6.13. The number of carbonyl (C=O) groups excluding carboxylic acids is 2. The lowest BCUT2D eigenvalue weighted by molar-refractivity contribution is -0.117. The number of aryl methyl sites for hydroxylation is 1. The molecule has 1 aromatic carbocycles. The van der Waals surface area contributed by atoms with Crippen LogP contribution in [-0.4, -0.2) is 38.1 Å². The Morgan fingerprint density at radius 1 is 1.03 bits per heavy atom. The maximum Gasteiger partial charge on any atom is 0.230 e. The molecule has 1 fully saturated rings. The fourth-order valence-corrected chi connectivity index (χ4v) is 4.99. The molecule has 2 aromatic heterocycles. The Kier molecular flexibility index (Phi) is 5.50. The molecule has 0 saturated carbocycles. The molecule has 2 aliphatic rings. The van der Waals surface area contributed by atoms with Gasteiger partial charge in [-0.1, -0.05) is 6.42 Å². The fourth-order valence-electron chi connectivity index (χ4n) is 4.12. The van der Waals surface area contributed by atoms with Crippen molar-refractivity contribution in [2.45, 2.75) is 51.5 Å². The van der Waals surface area contributed by atoms with Gasteiger partial charge in [0, 0.05) is 42.6 Å². The minimum atomic E-state index is -0.131. The average Bonchev–Trinajstić information content (AvgIpc) is 3.45. The van der Waals surface area contributed by atoms with E-state index < -0.39 is 0 Å². The highest BCUT2D eigenvalue weighted by atomic mass is 32.1. The number of rotatable bonds is 5. The first kappa shape index (κ1) is 19.9. The van der Waals surface area contributed by atoms with Crippen molar-refractivity contribution in [3.05, 3.63) is 41.2 Å². The number of hydrogen-bond donors (Lipinski definition) is 1. The number of aromatic nitrogens is 4. The van der Waals surface area contributed by atoms with Gasteiger partial charge < -0.3 is 9.88 Å². The number of nitrogens with one attached hydrogen (secondary N) is 1. The Morgan fingerprint density at radius 2 is 1.90 bits per heavy atom. The van der Waals surface area contributed by atoms with Crippen LogP contribution in [0, 0.1) is 0 Å². The van der Waals surface area contributed by atoms with E-state index in [9.17, 15) is 9.59 Å². The maximum atomic E-state index is 12.5. The van der Waals surface area contributed by atoms with Crippen LogP contribution in [0.3, 0.4) is 0 Å². The number of anilines is 2. The Morgan fingerprint density at radius 3 is 2.71 bits per heavy atom. The predicted octanol–water partition coefficient (Wildman–Crippen LogP) is 3.44. The second kappa shape index (κ2) is 8.58. The highest BCUT2D eigenvalue weighted by molar-refractivity contribution is 7.14. The standard InChI is InChI=1S/C22H24N6O2S/c29-19(13-17-14-31-22(24-17)28-12-4-6-20(28)30)23-16-9-7-15(8-10-16)21-26-25-18-5-2-1-3-11-27(18)21/h7-10,14H,1-6,11-13H2,(H,23,29). The molecular formula is C22H24N6O2S. The molecular weight excluding hydrogens is 412 g/mol. The monoisotopic (exact) mass is 436 g/mol. The van der Waals surface area contributed by atoms with E-state index in [-0.39, 0.29) is 18.2 Å². The lowest BCUT2D eigenvalue weighted by Crippen LogP contribution is -2.23. The third-order valence-corrected chi connectivity index (χ3v) is 6.63. The van der Waals surface area contributed by atoms with E-state index in [0.29, 0.717) is 23.8 Å². The van der Waals surface area contributed by atoms with Crippen LogP contribution in [-0.2, 0) is 29.0 Å². The smallest absolute Gasteiger partial charge is 0.230 e. The topological polar surface area (TPSA) is 93.0 Å². The Hall–Kier alpha value is -3.07. The summed E-state index contributed by atoms with van der Waals surface area (Å²) in [5, 5.41) is 14.2. The minimum Gasteiger partial charge on any atom is -0.326 e. The summed E-state index contributed by atoms with van der Waals surface area (Å²) >= 11 is 1.41. The van der Waals surface area contributed by atoms with Crippen molar-refractivity contribution >= 4 is 34.0 Å². The first-order valence-corrected chi connectivity index (χ1v) is 11.6. The second-order valence-electron chi connectivity index (χ2n) is 7.97. The molecule has 2 aliphatic heterocycles. The zero-order valence-corrected chi connectivity index (χ0v) is 18.0. The normalized spacial score (nSPS) is 16.3. The average molecular weight is 437 g/mol. The third kappa shape index (κ3) is 4.23. The van der Waals surface area contributed by atoms with Crippen LogP contribution in [0.4, 0.5) is 10.8 Å². The van der Waals surface area contributed by atoms with E-state index >= 15 is 0 Å². The SMILES string of the molecule is O=C(Cc1csc(N2CCCC2=O)n1)Nc1ccc(-c2nnc3n2CCCCC3)cc1. The molecule has 0 spiro atoms. The molecule has 1 saturated heterocycles. The number of hydrogen-bond acceptors (Lipinski definition) is 6. The molecule has 0 bridgehead atoms. The van der Waals surface area contributed by atoms with Crippen molar-refractivity contribution in [2.24, 2.45) is 0 Å². The van der Waals surface area contributed by atoms with Crippen LogP contribution in [0.15, 0.2) is 29.6 Å². The Balaban J connectivity index is 1.22. The Bertz CT molecular complexity index is 1100. The zero-order chi connectivity index (χ0) is 21.2. The van der Waals surface area contributed by atoms with Crippen LogP contribution in [0.1, 0.15) is 43.6 Å². The molecule has 1 N–H and O–H groups in total. The third-order valence-electron chi connectivity index (χ3n) is 5.72. The van der Waals surface area contributed by atoms with Crippen molar-refractivity contribution in [3.8, 4) is 11.4 Å². The number of thiazole rings is 1. The van der Waals surface area contributed by atoms with Gasteiger partial charge in [-0.05, 0) is 43.5 Å². The van der Waals surface area contributed by atoms with Crippen LogP contribution >= 0.6 is 11.3 Å². The van der Waals surface area contributed by atoms with Crippen LogP contribution in [0.25, 0.3) is 11.4 Å². The summed E-state index contributed by atoms with van der Waals surface area (Å²) in [6.45, 7) is 1.66. The highest BCUT2D eigenvalue weighted by Gasteiger charge is 2.24. The van der Waals surface area contributed by atoms with Crippen molar-refractivity contribution in [1.29, 1.82) is 0 Å². The van der Waals surface area contributed by atoms with Gasteiger partial charge in [0.25, 0.3) is 0 Å². The summed E-state index contributed by atoms with van der Waals surface area (Å²) < 4.78 is 2.21. The highest BCUT2D eigenvalue weighted by Crippen LogP contribution is 2.26. The summed E-state index contributed by atoms with van der Waals surface area (Å²) in [5.41, 5.74) is 2.41. The molecule has 31 heavy (non-hydrogen) atoms. The van der Waals surface area contributed by atoms with Gasteiger partial charge in [0.1, 0.15) is 5.82 Å². The zero-order valence-electron chi connectivity index (χ0n) is 17.2. The molecule has 0 aliphatic carbocycles. The molecule has 5 rings (SSSR count). The fraction of sp³-hybridized carbons (Fsp3) is 0.409. The molecule has 0 atom stereocenters. The molecule has 160 valence electrons. The quantitative estimate of drug-likeness (QED) is 0.661. The molecule has 3 aromatic rings. The van der Waals surface area contributed by atoms with E-state index in [2.05, 4.69) is 25.1 Å². The number of benzene rings is 1. The summed E-state index contributed by atoms with van der Waals surface area (Å²) in [4.78, 5) is 30.5. The van der Waals surface area contributed by atoms with Gasteiger partial charge in [-0.15, -0.1) is 21.5 Å². The van der Waals surface area contributed by atoms with E-state index in [4.69, 9.17) is 0 Å². The number of amides is 2. The summed E-state index contributed by atoms with van der Waals surface area (Å²) in [5.74, 6) is 1.92. The lowest BCUT2D eigenvalue weighted by Gasteiger charge is -2.10.